The van der Waals surface area contributed by atoms with Crippen LogP contribution in [0.5, 0.6) is 0 Å². The van der Waals surface area contributed by atoms with E-state index in [1.165, 1.54) is 44.6 Å². The second-order valence-electron chi connectivity index (χ2n) is 17.3. The summed E-state index contributed by atoms with van der Waals surface area (Å²) in [6.45, 7) is 4.18. The molecule has 1 aromatic heterocycles. The van der Waals surface area contributed by atoms with Crippen LogP contribution in [0.15, 0.2) is 53.5 Å². The largest absolute Gasteiger partial charge is 0.481 e. The Kier molecular flexibility index (Phi) is 30.7. The maximum Gasteiger partial charge on any atom is 0.481 e. The molecule has 19 nitrogen and oxygen atoms in total. The van der Waals surface area contributed by atoms with E-state index in [0.717, 1.165) is 80.9 Å². The van der Waals surface area contributed by atoms with Gasteiger partial charge < -0.3 is 45.1 Å². The summed E-state index contributed by atoms with van der Waals surface area (Å²) in [5.74, 6) is -0.613. The molecule has 67 heavy (non-hydrogen) atoms. The van der Waals surface area contributed by atoms with Gasteiger partial charge in [0.25, 0.3) is 0 Å². The first-order valence-corrected chi connectivity index (χ1v) is 27.0. The standard InChI is InChI=1S/C46H79N3O16P2/c1-4-5-21-27-37(50)28-23-18-14-10-8-12-15-19-24-29-41(51)60-33-38(63-42(52)30-25-20-16-11-7-6-9-13-17-22-26-36(2)3)34-61-66(56,57)65-67(58,59)62-35-39-43(53)44(54)45(64-39)49-32-31-40(47)48-46(49)55/h5,14,18,21,23,28,31-32,36-39,43-45,50,53-54H,4,6-13,15-17,19-20,22,24-27,29-30,33-35H2,1-3H3,(H,56,57)(H,58,59)(H2,47,48,55)/b18-14+,21-5+,28-23+/t37?,38-,39-,43-,44-,45-/m1/s1. The van der Waals surface area contributed by atoms with Crippen molar-refractivity contribution in [3.63, 3.8) is 0 Å². The first kappa shape index (κ1) is 60.1. The number of aromatic nitrogens is 2. The van der Waals surface area contributed by atoms with E-state index in [-0.39, 0.29) is 18.7 Å². The van der Waals surface area contributed by atoms with Crippen LogP contribution in [0.3, 0.4) is 0 Å². The molecule has 3 unspecified atom stereocenters. The van der Waals surface area contributed by atoms with Crippen molar-refractivity contribution < 1.29 is 71.4 Å². The quantitative estimate of drug-likeness (QED) is 0.0120. The zero-order chi connectivity index (χ0) is 49.5. The van der Waals surface area contributed by atoms with Crippen molar-refractivity contribution in [3.8, 4) is 0 Å². The molecule has 0 aromatic carbocycles. The van der Waals surface area contributed by atoms with Gasteiger partial charge in [0.1, 0.15) is 30.7 Å². The van der Waals surface area contributed by atoms with Gasteiger partial charge in [0, 0.05) is 19.0 Å². The summed E-state index contributed by atoms with van der Waals surface area (Å²) in [7, 11) is -10.9. The van der Waals surface area contributed by atoms with Crippen molar-refractivity contribution in [1.29, 1.82) is 0 Å². The second kappa shape index (κ2) is 34.3. The normalized spacial score (nSPS) is 20.4. The SMILES string of the molecule is CC/C=C/CC(O)/C=C/C=C/CCCCCCCC(=O)OC[C@H](COP(=O)(O)OP(=O)(O)OC[C@H]1O[C@@H](n2ccc(N)nc2=O)[C@H](O)[C@@H]1O)OC(=O)CCCCCCCCCCCCC(C)C. The Balaban J connectivity index is 1.83. The molecule has 2 heterocycles. The Labute approximate surface area is 396 Å². The predicted octanol–water partition coefficient (Wildman–Crippen LogP) is 8.05. The predicted molar refractivity (Wildman–Crippen MR) is 253 cm³/mol. The molecule has 1 aromatic rings. The average molecular weight is 992 g/mol. The van der Waals surface area contributed by atoms with Gasteiger partial charge in [-0.2, -0.15) is 9.29 Å². The number of nitrogen functional groups attached to an aromatic ring is 1. The highest BCUT2D eigenvalue weighted by Crippen LogP contribution is 2.60. The summed E-state index contributed by atoms with van der Waals surface area (Å²) in [6.07, 6.45) is 22.9. The molecule has 0 amide bonds. The third-order valence-electron chi connectivity index (χ3n) is 10.7. The number of hydrogen-bond donors (Lipinski definition) is 6. The Bertz CT molecular complexity index is 1790. The number of aliphatic hydroxyl groups excluding tert-OH is 3. The Morgan fingerprint density at radius 1 is 0.821 bits per heavy atom. The number of phosphoric acid groups is 2. The van der Waals surface area contributed by atoms with Crippen molar-refractivity contribution in [2.24, 2.45) is 5.92 Å². The number of esters is 2. The molecule has 0 saturated carbocycles. The zero-order valence-corrected chi connectivity index (χ0v) is 41.5. The molecule has 2 rings (SSSR count). The summed E-state index contributed by atoms with van der Waals surface area (Å²) in [5.41, 5.74) is 4.57. The van der Waals surface area contributed by atoms with Gasteiger partial charge >= 0.3 is 33.3 Å². The zero-order valence-electron chi connectivity index (χ0n) is 39.7. The maximum atomic E-state index is 12.8. The minimum atomic E-state index is -5.43. The van der Waals surface area contributed by atoms with Gasteiger partial charge in [-0.25, -0.2) is 13.9 Å². The van der Waals surface area contributed by atoms with E-state index in [1.54, 1.807) is 6.08 Å². The number of carbonyl (C=O) groups is 2. The first-order valence-electron chi connectivity index (χ1n) is 24.0. The highest BCUT2D eigenvalue weighted by molar-refractivity contribution is 7.61. The molecule has 384 valence electrons. The van der Waals surface area contributed by atoms with Crippen LogP contribution in [0.1, 0.15) is 162 Å². The van der Waals surface area contributed by atoms with Crippen molar-refractivity contribution >= 4 is 33.4 Å². The van der Waals surface area contributed by atoms with Crippen LogP contribution in [0, 0.1) is 5.92 Å². The third-order valence-corrected chi connectivity index (χ3v) is 13.3. The smallest absolute Gasteiger partial charge is 0.462 e. The van der Waals surface area contributed by atoms with Gasteiger partial charge in [0.05, 0.1) is 19.3 Å². The molecule has 0 aliphatic carbocycles. The summed E-state index contributed by atoms with van der Waals surface area (Å²) < 4.78 is 56.6. The van der Waals surface area contributed by atoms with Gasteiger partial charge in [0.2, 0.25) is 0 Å². The molecular weight excluding hydrogens is 912 g/mol. The van der Waals surface area contributed by atoms with Crippen molar-refractivity contribution in [3.05, 3.63) is 59.2 Å². The van der Waals surface area contributed by atoms with Crippen LogP contribution in [0.25, 0.3) is 0 Å². The highest BCUT2D eigenvalue weighted by Gasteiger charge is 2.46. The lowest BCUT2D eigenvalue weighted by molar-refractivity contribution is -0.161. The molecule has 0 radical (unpaired) electrons. The maximum absolute atomic E-state index is 12.8. The van der Waals surface area contributed by atoms with Gasteiger partial charge in [-0.3, -0.25) is 23.2 Å². The van der Waals surface area contributed by atoms with E-state index >= 15 is 0 Å². The molecule has 0 spiro atoms. The van der Waals surface area contributed by atoms with E-state index in [0.29, 0.717) is 19.3 Å². The topological polar surface area (TPSA) is 286 Å². The number of hydrogen-bond acceptors (Lipinski definition) is 16. The van der Waals surface area contributed by atoms with Crippen molar-refractivity contribution in [2.75, 3.05) is 25.6 Å². The third kappa shape index (κ3) is 28.3. The van der Waals surface area contributed by atoms with Crippen molar-refractivity contribution in [2.45, 2.75) is 192 Å². The van der Waals surface area contributed by atoms with E-state index in [9.17, 15) is 48.6 Å². The average Bonchev–Trinajstić information content (AvgIpc) is 3.54. The fourth-order valence-electron chi connectivity index (χ4n) is 7.00. The van der Waals surface area contributed by atoms with Crippen molar-refractivity contribution in [1.82, 2.24) is 9.55 Å². The molecule has 1 aliphatic rings. The number of aliphatic hydroxyl groups is 3. The molecule has 1 aliphatic heterocycles. The molecule has 1 saturated heterocycles. The summed E-state index contributed by atoms with van der Waals surface area (Å²) in [6, 6.07) is 1.24. The number of unbranched alkanes of at least 4 members (excludes halogenated alkanes) is 14. The number of nitrogens with zero attached hydrogens (tertiary/aromatic N) is 2. The number of allylic oxidation sites excluding steroid dienone is 4. The van der Waals surface area contributed by atoms with E-state index in [2.05, 4.69) is 23.1 Å². The highest BCUT2D eigenvalue weighted by atomic mass is 31.3. The van der Waals surface area contributed by atoms with Crippen LogP contribution in [-0.4, -0.2) is 96.9 Å². The van der Waals surface area contributed by atoms with Crippen LogP contribution in [0.4, 0.5) is 5.82 Å². The lowest BCUT2D eigenvalue weighted by Gasteiger charge is -2.21. The van der Waals surface area contributed by atoms with Crippen LogP contribution >= 0.6 is 15.6 Å². The van der Waals surface area contributed by atoms with Crippen LogP contribution in [-0.2, 0) is 46.3 Å². The number of anilines is 1. The molecular formula is C46H79N3O16P2. The summed E-state index contributed by atoms with van der Waals surface area (Å²) >= 11 is 0. The lowest BCUT2D eigenvalue weighted by atomic mass is 10.0. The Hall–Kier alpha value is -3.06. The Morgan fingerprint density at radius 3 is 2.04 bits per heavy atom. The Morgan fingerprint density at radius 2 is 1.42 bits per heavy atom. The van der Waals surface area contributed by atoms with Gasteiger partial charge in [-0.1, -0.05) is 141 Å². The minimum absolute atomic E-state index is 0.0357. The fourth-order valence-corrected chi connectivity index (χ4v) is 9.11. The van der Waals surface area contributed by atoms with E-state index < -0.39 is 89.8 Å². The fraction of sp³-hybridized carbons (Fsp3) is 0.739. The van der Waals surface area contributed by atoms with Gasteiger partial charge in [-0.15, -0.1) is 0 Å². The first-order chi connectivity index (χ1) is 31.9. The summed E-state index contributed by atoms with van der Waals surface area (Å²) in [4.78, 5) is 61.8. The summed E-state index contributed by atoms with van der Waals surface area (Å²) in [5, 5.41) is 30.8. The molecule has 21 heteroatoms. The molecule has 0 bridgehead atoms. The molecule has 7 N–H and O–H groups in total. The number of ether oxygens (including phenoxy) is 3. The van der Waals surface area contributed by atoms with E-state index in [4.69, 9.17) is 29.0 Å². The minimum Gasteiger partial charge on any atom is -0.462 e. The van der Waals surface area contributed by atoms with E-state index in [1.807, 2.05) is 37.3 Å². The number of rotatable bonds is 38. The lowest BCUT2D eigenvalue weighted by Crippen LogP contribution is -2.36. The molecule has 8 atom stereocenters. The molecule has 1 fully saturated rings. The van der Waals surface area contributed by atoms with Gasteiger partial charge in [0.15, 0.2) is 12.3 Å². The van der Waals surface area contributed by atoms with Gasteiger partial charge in [-0.05, 0) is 50.5 Å². The second-order valence-corrected chi connectivity index (χ2v) is 20.3. The monoisotopic (exact) mass is 991 g/mol. The van der Waals surface area contributed by atoms with Crippen LogP contribution in [0.2, 0.25) is 0 Å². The number of phosphoric ester groups is 2. The number of carbonyl (C=O) groups excluding carboxylic acids is 2. The van der Waals surface area contributed by atoms with Crippen LogP contribution < -0.4 is 11.4 Å². The number of nitrogens with two attached hydrogens (primary N) is 1.